The topological polar surface area (TPSA) is 78.9 Å². The highest BCUT2D eigenvalue weighted by Gasteiger charge is 2.42. The molecule has 6 nitrogen and oxygen atoms in total. The van der Waals surface area contributed by atoms with Crippen molar-refractivity contribution in [3.63, 3.8) is 0 Å². The van der Waals surface area contributed by atoms with Gasteiger partial charge in [-0.1, -0.05) is 48.5 Å². The van der Waals surface area contributed by atoms with Crippen molar-refractivity contribution in [2.45, 2.75) is 38.6 Å². The molecule has 2 aromatic carbocycles. The first-order valence-electron chi connectivity index (χ1n) is 11.0. The number of nitrogens with one attached hydrogen (secondary N) is 1. The predicted molar refractivity (Wildman–Crippen MR) is 119 cm³/mol. The molecule has 0 aromatic heterocycles. The van der Waals surface area contributed by atoms with Gasteiger partial charge in [-0.2, -0.15) is 0 Å². The molecule has 6 heteroatoms. The van der Waals surface area contributed by atoms with E-state index in [0.29, 0.717) is 18.9 Å². The first kappa shape index (κ1) is 21.4. The van der Waals surface area contributed by atoms with Gasteiger partial charge < -0.3 is 20.1 Å². The fourth-order valence-corrected chi connectivity index (χ4v) is 4.83. The summed E-state index contributed by atoms with van der Waals surface area (Å²) in [7, 11) is 0. The van der Waals surface area contributed by atoms with E-state index in [9.17, 15) is 14.7 Å². The summed E-state index contributed by atoms with van der Waals surface area (Å²) < 4.78 is 5.56. The van der Waals surface area contributed by atoms with Gasteiger partial charge in [-0.3, -0.25) is 4.79 Å². The number of carboxylic acid groups (broad SMARTS) is 1. The number of likely N-dealkylation sites (tertiary alicyclic amines) is 1. The quantitative estimate of drug-likeness (QED) is 0.733. The Morgan fingerprint density at radius 1 is 1.06 bits per heavy atom. The summed E-state index contributed by atoms with van der Waals surface area (Å²) in [4.78, 5) is 26.7. The van der Waals surface area contributed by atoms with Crippen molar-refractivity contribution in [3.8, 4) is 11.1 Å². The van der Waals surface area contributed by atoms with Crippen molar-refractivity contribution in [1.29, 1.82) is 0 Å². The maximum Gasteiger partial charge on any atom is 0.407 e. The molecule has 1 amide bonds. The van der Waals surface area contributed by atoms with E-state index < -0.39 is 17.5 Å². The molecule has 1 saturated heterocycles. The van der Waals surface area contributed by atoms with Gasteiger partial charge in [0.15, 0.2) is 0 Å². The molecule has 31 heavy (non-hydrogen) atoms. The molecule has 1 aliphatic heterocycles. The van der Waals surface area contributed by atoms with Crippen LogP contribution in [0.5, 0.6) is 0 Å². The predicted octanol–water partition coefficient (Wildman–Crippen LogP) is 4.10. The number of fused-ring (bicyclic) bond motifs is 3. The zero-order valence-corrected chi connectivity index (χ0v) is 18.1. The lowest BCUT2D eigenvalue weighted by molar-refractivity contribution is -0.152. The van der Waals surface area contributed by atoms with Crippen LogP contribution in [-0.4, -0.2) is 54.4 Å². The molecule has 0 unspecified atom stereocenters. The third kappa shape index (κ3) is 4.17. The molecule has 0 saturated carbocycles. The van der Waals surface area contributed by atoms with E-state index >= 15 is 0 Å². The van der Waals surface area contributed by atoms with Gasteiger partial charge in [0.05, 0.1) is 5.41 Å². The molecule has 1 heterocycles. The lowest BCUT2D eigenvalue weighted by atomic mass is 9.78. The normalized spacial score (nSPS) is 17.8. The Morgan fingerprint density at radius 3 is 2.13 bits per heavy atom. The number of carbonyl (C=O) groups is 2. The number of hydrogen-bond donors (Lipinski definition) is 2. The zero-order chi connectivity index (χ0) is 22.0. The molecule has 0 radical (unpaired) electrons. The van der Waals surface area contributed by atoms with E-state index in [1.54, 1.807) is 0 Å². The molecule has 2 aliphatic rings. The van der Waals surface area contributed by atoms with E-state index in [1.807, 2.05) is 24.3 Å². The number of amides is 1. The Labute approximate surface area is 183 Å². The molecule has 0 bridgehead atoms. The van der Waals surface area contributed by atoms with Gasteiger partial charge in [0.25, 0.3) is 0 Å². The Kier molecular flexibility index (Phi) is 6.01. The summed E-state index contributed by atoms with van der Waals surface area (Å²) in [6, 6.07) is 16.7. The maximum absolute atomic E-state index is 12.5. The van der Waals surface area contributed by atoms with Gasteiger partial charge in [-0.15, -0.1) is 0 Å². The summed E-state index contributed by atoms with van der Waals surface area (Å²) >= 11 is 0. The van der Waals surface area contributed by atoms with Crippen LogP contribution in [0.1, 0.15) is 43.7 Å². The van der Waals surface area contributed by atoms with Crippen molar-refractivity contribution >= 4 is 12.1 Å². The first-order valence-corrected chi connectivity index (χ1v) is 11.0. The van der Waals surface area contributed by atoms with Gasteiger partial charge in [0, 0.05) is 18.5 Å². The molecule has 1 aliphatic carbocycles. The average Bonchev–Trinajstić information content (AvgIpc) is 3.10. The Balaban J connectivity index is 1.37. The minimum atomic E-state index is -0.934. The third-order valence-electron chi connectivity index (χ3n) is 6.85. The first-order chi connectivity index (χ1) is 14.9. The Bertz CT molecular complexity index is 918. The zero-order valence-electron chi connectivity index (χ0n) is 18.1. The van der Waals surface area contributed by atoms with Crippen molar-refractivity contribution < 1.29 is 19.4 Å². The van der Waals surface area contributed by atoms with Gasteiger partial charge in [0.1, 0.15) is 6.61 Å². The molecule has 1 fully saturated rings. The lowest BCUT2D eigenvalue weighted by Crippen LogP contribution is -2.51. The highest BCUT2D eigenvalue weighted by molar-refractivity contribution is 5.79. The molecule has 0 spiro atoms. The maximum atomic E-state index is 12.5. The van der Waals surface area contributed by atoms with Crippen LogP contribution < -0.4 is 5.32 Å². The smallest absolute Gasteiger partial charge is 0.407 e. The number of carboxylic acids is 1. The summed E-state index contributed by atoms with van der Waals surface area (Å²) in [5, 5.41) is 12.6. The Morgan fingerprint density at radius 2 is 1.61 bits per heavy atom. The largest absolute Gasteiger partial charge is 0.481 e. The van der Waals surface area contributed by atoms with E-state index in [-0.39, 0.29) is 19.1 Å². The monoisotopic (exact) mass is 422 g/mol. The Hall–Kier alpha value is -2.86. The number of benzene rings is 2. The molecule has 2 aromatic rings. The number of piperidine rings is 1. The van der Waals surface area contributed by atoms with Crippen LogP contribution in [0.4, 0.5) is 4.79 Å². The third-order valence-corrected chi connectivity index (χ3v) is 6.85. The van der Waals surface area contributed by atoms with Crippen molar-refractivity contribution in [2.75, 3.05) is 26.2 Å². The summed E-state index contributed by atoms with van der Waals surface area (Å²) in [6.45, 7) is 5.98. The van der Waals surface area contributed by atoms with E-state index in [1.165, 1.54) is 11.1 Å². The van der Waals surface area contributed by atoms with Crippen LogP contribution in [0, 0.1) is 5.41 Å². The molecule has 4 rings (SSSR count). The number of alkyl carbamates (subject to hydrolysis) is 1. The average molecular weight is 423 g/mol. The van der Waals surface area contributed by atoms with E-state index in [2.05, 4.69) is 48.3 Å². The van der Waals surface area contributed by atoms with E-state index in [4.69, 9.17) is 4.74 Å². The van der Waals surface area contributed by atoms with Crippen molar-refractivity contribution in [1.82, 2.24) is 10.2 Å². The SMILES string of the molecule is CC(C)N1CCC(CNC(=O)OCC2c3ccccc3-c3ccccc32)(C(=O)O)CC1. The minimum Gasteiger partial charge on any atom is -0.481 e. The molecule has 2 N–H and O–H groups in total. The fourth-order valence-electron chi connectivity index (χ4n) is 4.83. The highest BCUT2D eigenvalue weighted by atomic mass is 16.5. The summed E-state index contributed by atoms with van der Waals surface area (Å²) in [5.74, 6) is -0.865. The molecular formula is C25H30N2O4. The summed E-state index contributed by atoms with van der Waals surface area (Å²) in [6.07, 6.45) is 0.475. The van der Waals surface area contributed by atoms with Crippen LogP contribution in [0.2, 0.25) is 0 Å². The second-order valence-corrected chi connectivity index (χ2v) is 8.89. The number of nitrogens with zero attached hydrogens (tertiary/aromatic N) is 1. The van der Waals surface area contributed by atoms with Crippen LogP contribution in [0.3, 0.4) is 0 Å². The van der Waals surface area contributed by atoms with Gasteiger partial charge in [-0.05, 0) is 62.0 Å². The number of hydrogen-bond acceptors (Lipinski definition) is 4. The molecular weight excluding hydrogens is 392 g/mol. The van der Waals surface area contributed by atoms with Crippen LogP contribution in [-0.2, 0) is 9.53 Å². The second kappa shape index (κ2) is 8.71. The van der Waals surface area contributed by atoms with Gasteiger partial charge >= 0.3 is 12.1 Å². The highest BCUT2D eigenvalue weighted by Crippen LogP contribution is 2.44. The van der Waals surface area contributed by atoms with Crippen LogP contribution >= 0.6 is 0 Å². The number of rotatable bonds is 6. The molecule has 0 atom stereocenters. The number of ether oxygens (including phenoxy) is 1. The van der Waals surface area contributed by atoms with Crippen molar-refractivity contribution in [2.24, 2.45) is 5.41 Å². The summed E-state index contributed by atoms with van der Waals surface area (Å²) in [5.41, 5.74) is 3.72. The van der Waals surface area contributed by atoms with E-state index in [0.717, 1.165) is 24.2 Å². The van der Waals surface area contributed by atoms with Crippen LogP contribution in [0.15, 0.2) is 48.5 Å². The van der Waals surface area contributed by atoms with Gasteiger partial charge in [0.2, 0.25) is 0 Å². The fraction of sp³-hybridized carbons (Fsp3) is 0.440. The lowest BCUT2D eigenvalue weighted by Gasteiger charge is -2.40. The number of carbonyl (C=O) groups excluding carboxylic acids is 1. The van der Waals surface area contributed by atoms with Crippen molar-refractivity contribution in [3.05, 3.63) is 59.7 Å². The molecule has 164 valence electrons. The number of aliphatic carboxylic acids is 1. The second-order valence-electron chi connectivity index (χ2n) is 8.89. The van der Waals surface area contributed by atoms with Gasteiger partial charge in [-0.25, -0.2) is 4.79 Å². The minimum absolute atomic E-state index is 0.0131. The standard InChI is InChI=1S/C25H30N2O4/c1-17(2)27-13-11-25(12-14-27,23(28)29)16-26-24(30)31-15-22-20-9-5-3-7-18(20)19-8-4-6-10-21(19)22/h3-10,17,22H,11-16H2,1-2H3,(H,26,30)(H,28,29). The van der Waals surface area contributed by atoms with Crippen LogP contribution in [0.25, 0.3) is 11.1 Å².